The van der Waals surface area contributed by atoms with E-state index in [4.69, 9.17) is 20.2 Å². The third kappa shape index (κ3) is 1.94. The second-order valence-corrected chi connectivity index (χ2v) is 7.78. The molecule has 5 atom stereocenters. The van der Waals surface area contributed by atoms with Gasteiger partial charge in [0.25, 0.3) is 0 Å². The van der Waals surface area contributed by atoms with Crippen LogP contribution < -0.4 is 0 Å². The molecule has 2 saturated heterocycles. The zero-order valence-electron chi connectivity index (χ0n) is 10.2. The molecule has 1 aliphatic carbocycles. The Hall–Kier alpha value is -0.330. The molecule has 102 valence electrons. The molecule has 1 saturated carbocycles. The molecule has 0 amide bonds. The van der Waals surface area contributed by atoms with Gasteiger partial charge in [-0.25, -0.2) is 0 Å². The lowest BCUT2D eigenvalue weighted by molar-refractivity contribution is -0.119. The maximum atomic E-state index is 11.1. The van der Waals surface area contributed by atoms with Crippen molar-refractivity contribution >= 4 is 25.8 Å². The van der Waals surface area contributed by atoms with Gasteiger partial charge in [-0.3, -0.25) is 0 Å². The summed E-state index contributed by atoms with van der Waals surface area (Å²) in [5.74, 6) is 1.39. The highest BCUT2D eigenvalue weighted by Crippen LogP contribution is 2.53. The van der Waals surface area contributed by atoms with Crippen LogP contribution in [0.3, 0.4) is 0 Å². The van der Waals surface area contributed by atoms with Crippen LogP contribution in [-0.4, -0.2) is 26.7 Å². The molecule has 0 aromatic rings. The molecule has 4 bridgehead atoms. The molecule has 3 rings (SSSR count). The molecule has 7 heteroatoms. The average molecular weight is 294 g/mol. The maximum Gasteiger partial charge on any atom is 0.342 e. The first-order chi connectivity index (χ1) is 8.37. The van der Waals surface area contributed by atoms with E-state index in [0.29, 0.717) is 11.8 Å². The number of hydrogen-bond acceptors (Lipinski definition) is 4. The molecule has 0 aromatic carbocycles. The molecule has 0 radical (unpaired) electrons. The van der Waals surface area contributed by atoms with E-state index in [1.807, 2.05) is 0 Å². The highest BCUT2D eigenvalue weighted by molar-refractivity contribution is 8.12. The minimum absolute atomic E-state index is 0.0275. The fraction of sp³-hybridized carbons (Fsp3) is 0.909. The summed E-state index contributed by atoms with van der Waals surface area (Å²) in [5.41, 5.74) is 0. The summed E-state index contributed by atoms with van der Waals surface area (Å²) < 4.78 is 36.9. The number of halogens is 1. The topological polar surface area (TPSA) is 65.0 Å². The summed E-state index contributed by atoms with van der Waals surface area (Å²) in [5, 5.41) is 0. The summed E-state index contributed by atoms with van der Waals surface area (Å²) in [6.45, 7) is 4.33. The largest absolute Gasteiger partial charge is 0.450 e. The van der Waals surface area contributed by atoms with Crippen LogP contribution in [0.2, 0.25) is 0 Å². The summed E-state index contributed by atoms with van der Waals surface area (Å²) in [6, 6.07) is 0. The second-order valence-electron chi connectivity index (χ2n) is 5.60. The van der Waals surface area contributed by atoms with Crippen LogP contribution in [0, 0.1) is 23.7 Å². The van der Waals surface area contributed by atoms with Crippen LogP contribution in [0.25, 0.3) is 0 Å². The first kappa shape index (κ1) is 12.7. The maximum absolute atomic E-state index is 11.1. The zero-order chi connectivity index (χ0) is 13.1. The van der Waals surface area contributed by atoms with Gasteiger partial charge in [0, 0.05) is 16.6 Å². The predicted octanol–water partition coefficient (Wildman–Crippen LogP) is 1.92. The van der Waals surface area contributed by atoms with E-state index in [0.717, 1.165) is 12.8 Å². The van der Waals surface area contributed by atoms with Crippen molar-refractivity contribution in [2.45, 2.75) is 39.1 Å². The Morgan fingerprint density at radius 1 is 1.39 bits per heavy atom. The van der Waals surface area contributed by atoms with Crippen molar-refractivity contribution in [3.05, 3.63) is 0 Å². The van der Waals surface area contributed by atoms with Gasteiger partial charge in [-0.15, -0.1) is 4.40 Å². The lowest BCUT2D eigenvalue weighted by Crippen LogP contribution is -2.40. The summed E-state index contributed by atoms with van der Waals surface area (Å²) in [4.78, 5) is 0. The van der Waals surface area contributed by atoms with Crippen LogP contribution in [0.4, 0.5) is 0 Å². The third-order valence-corrected chi connectivity index (χ3v) is 4.89. The van der Waals surface area contributed by atoms with Gasteiger partial charge in [-0.1, -0.05) is 13.8 Å². The monoisotopic (exact) mass is 293 g/mol. The highest BCUT2D eigenvalue weighted by Gasteiger charge is 2.60. The van der Waals surface area contributed by atoms with Crippen molar-refractivity contribution in [3.63, 3.8) is 0 Å². The van der Waals surface area contributed by atoms with Crippen molar-refractivity contribution < 1.29 is 17.9 Å². The molecule has 18 heavy (non-hydrogen) atoms. The first-order valence-corrected chi connectivity index (χ1v) is 8.50. The summed E-state index contributed by atoms with van der Waals surface area (Å²) in [6.07, 6.45) is 1.79. The van der Waals surface area contributed by atoms with Crippen LogP contribution in [-0.2, 0) is 18.7 Å². The van der Waals surface area contributed by atoms with Crippen molar-refractivity contribution in [2.75, 3.05) is 0 Å². The standard InChI is InChI=1S/C11H16ClNO4S/c1-5(2)6-3-4-7-8-9(6)16-11(7)17-10(8)13-18(12,14)15/h5-9,11H,3-4H2,1-2H3/b13-10-/t6?,7-,8?,9+,11?/m0/s1. The van der Waals surface area contributed by atoms with Crippen LogP contribution in [0.15, 0.2) is 4.40 Å². The van der Waals surface area contributed by atoms with Gasteiger partial charge in [0.15, 0.2) is 0 Å². The molecule has 5 nitrogen and oxygen atoms in total. The fourth-order valence-corrected chi connectivity index (χ4v) is 4.11. The van der Waals surface area contributed by atoms with E-state index >= 15 is 0 Å². The molecule has 3 aliphatic rings. The smallest absolute Gasteiger partial charge is 0.342 e. The Bertz CT molecular complexity index is 489. The minimum atomic E-state index is -3.92. The SMILES string of the molecule is CC(C)C1CC[C@@H]2C3O/C(=N\S(=O)(=O)Cl)C2[C@@H]1O3. The Labute approximate surface area is 111 Å². The van der Waals surface area contributed by atoms with Crippen LogP contribution in [0.5, 0.6) is 0 Å². The Morgan fingerprint density at radius 3 is 2.72 bits per heavy atom. The first-order valence-electron chi connectivity index (χ1n) is 6.23. The van der Waals surface area contributed by atoms with E-state index in [2.05, 4.69) is 18.2 Å². The second kappa shape index (κ2) is 4.08. The molecule has 3 unspecified atom stereocenters. The van der Waals surface area contributed by atoms with E-state index < -0.39 is 9.24 Å². The van der Waals surface area contributed by atoms with Crippen molar-refractivity contribution in [2.24, 2.45) is 28.1 Å². The zero-order valence-corrected chi connectivity index (χ0v) is 11.8. The molecular weight excluding hydrogens is 278 g/mol. The molecule has 3 fully saturated rings. The summed E-state index contributed by atoms with van der Waals surface area (Å²) in [7, 11) is 1.25. The van der Waals surface area contributed by atoms with Crippen molar-refractivity contribution in [3.8, 4) is 0 Å². The van der Waals surface area contributed by atoms with Gasteiger partial charge in [0.2, 0.25) is 12.2 Å². The highest BCUT2D eigenvalue weighted by atomic mass is 35.7. The third-order valence-electron chi connectivity index (χ3n) is 4.29. The fourth-order valence-electron chi connectivity index (χ4n) is 3.52. The van der Waals surface area contributed by atoms with Crippen molar-refractivity contribution in [1.29, 1.82) is 0 Å². The summed E-state index contributed by atoms with van der Waals surface area (Å²) >= 11 is 0. The lowest BCUT2D eigenvalue weighted by atomic mass is 9.71. The normalized spacial score (nSPS) is 44.7. The van der Waals surface area contributed by atoms with Gasteiger partial charge in [-0.2, -0.15) is 8.42 Å². The molecule has 0 aromatic heterocycles. The average Bonchev–Trinajstić information content (AvgIpc) is 2.66. The minimum Gasteiger partial charge on any atom is -0.450 e. The van der Waals surface area contributed by atoms with E-state index in [-0.39, 0.29) is 30.1 Å². The number of hydrogen-bond donors (Lipinski definition) is 0. The van der Waals surface area contributed by atoms with Gasteiger partial charge >= 0.3 is 9.24 Å². The molecule has 0 spiro atoms. The Balaban J connectivity index is 1.92. The number of nitrogens with zero attached hydrogens (tertiary/aromatic N) is 1. The van der Waals surface area contributed by atoms with Gasteiger partial charge in [0.1, 0.15) is 0 Å². The van der Waals surface area contributed by atoms with Crippen LogP contribution in [0.1, 0.15) is 26.7 Å². The Kier molecular flexibility index (Phi) is 2.88. The number of ether oxygens (including phenoxy) is 2. The number of rotatable bonds is 2. The molecule has 2 heterocycles. The van der Waals surface area contributed by atoms with E-state index in [1.165, 1.54) is 0 Å². The molecule has 2 aliphatic heterocycles. The van der Waals surface area contributed by atoms with Gasteiger partial charge < -0.3 is 9.47 Å². The van der Waals surface area contributed by atoms with Gasteiger partial charge in [0.05, 0.1) is 12.0 Å². The van der Waals surface area contributed by atoms with Gasteiger partial charge in [-0.05, 0) is 24.7 Å². The molecular formula is C11H16ClNO4S. The quantitative estimate of drug-likeness (QED) is 0.730. The van der Waals surface area contributed by atoms with Crippen molar-refractivity contribution in [1.82, 2.24) is 0 Å². The Morgan fingerprint density at radius 2 is 2.11 bits per heavy atom. The predicted molar refractivity (Wildman–Crippen MR) is 66.5 cm³/mol. The van der Waals surface area contributed by atoms with E-state index in [9.17, 15) is 8.42 Å². The van der Waals surface area contributed by atoms with E-state index in [1.54, 1.807) is 0 Å². The van der Waals surface area contributed by atoms with Crippen LogP contribution >= 0.6 is 10.7 Å². The molecule has 0 N–H and O–H groups in total. The lowest BCUT2D eigenvalue weighted by Gasteiger charge is -2.35.